The summed E-state index contributed by atoms with van der Waals surface area (Å²) in [6, 6.07) is 10.8. The predicted molar refractivity (Wildman–Crippen MR) is 74.8 cm³/mol. The van der Waals surface area contributed by atoms with Gasteiger partial charge in [0.25, 0.3) is 0 Å². The van der Waals surface area contributed by atoms with Gasteiger partial charge in [0.15, 0.2) is 0 Å². The minimum Gasteiger partial charge on any atom is -0.314 e. The van der Waals surface area contributed by atoms with Crippen molar-refractivity contribution in [2.24, 2.45) is 0 Å². The van der Waals surface area contributed by atoms with Crippen LogP contribution in [0.4, 0.5) is 0 Å². The third kappa shape index (κ3) is 2.46. The fourth-order valence-electron chi connectivity index (χ4n) is 2.44. The Labute approximate surface area is 111 Å². The van der Waals surface area contributed by atoms with Gasteiger partial charge >= 0.3 is 0 Å². The number of aromatic nitrogens is 1. The van der Waals surface area contributed by atoms with E-state index in [0.717, 1.165) is 31.9 Å². The van der Waals surface area contributed by atoms with Crippen LogP contribution in [-0.2, 0) is 0 Å². The molecule has 0 bridgehead atoms. The summed E-state index contributed by atoms with van der Waals surface area (Å²) < 4.78 is 0. The third-order valence-corrected chi connectivity index (χ3v) is 4.22. The van der Waals surface area contributed by atoms with Crippen LogP contribution in [0.1, 0.15) is 16.6 Å². The van der Waals surface area contributed by atoms with Crippen LogP contribution >= 0.6 is 11.3 Å². The molecule has 18 heavy (non-hydrogen) atoms. The number of pyridine rings is 1. The summed E-state index contributed by atoms with van der Waals surface area (Å²) >= 11 is 1.82. The van der Waals surface area contributed by atoms with Gasteiger partial charge in [-0.2, -0.15) is 0 Å². The topological polar surface area (TPSA) is 28.2 Å². The molecule has 1 saturated heterocycles. The number of hydrogen-bond acceptors (Lipinski definition) is 4. The molecule has 1 N–H and O–H groups in total. The molecule has 2 aromatic heterocycles. The Bertz CT molecular complexity index is 463. The normalized spacial score (nSPS) is 18.7. The molecule has 0 radical (unpaired) electrons. The van der Waals surface area contributed by atoms with E-state index < -0.39 is 0 Å². The first-order valence-electron chi connectivity index (χ1n) is 6.34. The van der Waals surface area contributed by atoms with Crippen LogP contribution in [-0.4, -0.2) is 36.1 Å². The van der Waals surface area contributed by atoms with Crippen LogP contribution in [0.3, 0.4) is 0 Å². The molecule has 1 fully saturated rings. The van der Waals surface area contributed by atoms with Crippen molar-refractivity contribution in [1.82, 2.24) is 15.2 Å². The van der Waals surface area contributed by atoms with Gasteiger partial charge in [0, 0.05) is 37.3 Å². The van der Waals surface area contributed by atoms with Gasteiger partial charge in [-0.3, -0.25) is 9.88 Å². The zero-order valence-electron chi connectivity index (χ0n) is 10.2. The van der Waals surface area contributed by atoms with E-state index in [9.17, 15) is 0 Å². The van der Waals surface area contributed by atoms with Gasteiger partial charge in [-0.05, 0) is 23.6 Å². The standard InChI is InChI=1S/C14H17N3S/c1-2-6-16-12(4-1)14(13-5-3-11-18-13)17-9-7-15-8-10-17/h1-6,11,14-15H,7-10H2/t14-/m1/s1. The Kier molecular flexibility index (Phi) is 3.69. The van der Waals surface area contributed by atoms with E-state index in [1.165, 1.54) is 4.88 Å². The van der Waals surface area contributed by atoms with Crippen LogP contribution in [0.2, 0.25) is 0 Å². The molecule has 0 amide bonds. The molecule has 1 aliphatic heterocycles. The molecule has 0 spiro atoms. The molecule has 0 aliphatic carbocycles. The van der Waals surface area contributed by atoms with E-state index >= 15 is 0 Å². The number of thiophene rings is 1. The highest BCUT2D eigenvalue weighted by molar-refractivity contribution is 7.10. The van der Waals surface area contributed by atoms with E-state index in [0.29, 0.717) is 6.04 Å². The lowest BCUT2D eigenvalue weighted by Crippen LogP contribution is -2.45. The summed E-state index contributed by atoms with van der Waals surface area (Å²) in [6.45, 7) is 4.29. The molecule has 3 nitrogen and oxygen atoms in total. The van der Waals surface area contributed by atoms with Crippen LogP contribution in [0.15, 0.2) is 41.9 Å². The Morgan fingerprint density at radius 3 is 2.72 bits per heavy atom. The van der Waals surface area contributed by atoms with Gasteiger partial charge < -0.3 is 5.32 Å². The second-order valence-corrected chi connectivity index (χ2v) is 5.44. The number of hydrogen-bond donors (Lipinski definition) is 1. The second kappa shape index (κ2) is 5.61. The van der Waals surface area contributed by atoms with Gasteiger partial charge in [0.2, 0.25) is 0 Å². The summed E-state index contributed by atoms with van der Waals surface area (Å²) in [5, 5.41) is 5.55. The minimum absolute atomic E-state index is 0.313. The van der Waals surface area contributed by atoms with Crippen molar-refractivity contribution >= 4 is 11.3 Å². The van der Waals surface area contributed by atoms with Crippen molar-refractivity contribution in [2.45, 2.75) is 6.04 Å². The molecule has 1 aliphatic rings. The SMILES string of the molecule is c1ccc([C@H](c2cccs2)N2CCNCC2)nc1. The van der Waals surface area contributed by atoms with Gasteiger partial charge in [-0.15, -0.1) is 11.3 Å². The van der Waals surface area contributed by atoms with E-state index in [1.54, 1.807) is 0 Å². The number of nitrogens with zero attached hydrogens (tertiary/aromatic N) is 2. The fraction of sp³-hybridized carbons (Fsp3) is 0.357. The average Bonchev–Trinajstić information content (AvgIpc) is 2.95. The monoisotopic (exact) mass is 259 g/mol. The van der Waals surface area contributed by atoms with Gasteiger partial charge in [-0.1, -0.05) is 12.1 Å². The lowest BCUT2D eigenvalue weighted by molar-refractivity contribution is 0.198. The number of rotatable bonds is 3. The zero-order valence-corrected chi connectivity index (χ0v) is 11.1. The molecular formula is C14H17N3S. The van der Waals surface area contributed by atoms with Crippen molar-refractivity contribution in [3.05, 3.63) is 52.5 Å². The molecule has 4 heteroatoms. The minimum atomic E-state index is 0.313. The lowest BCUT2D eigenvalue weighted by Gasteiger charge is -2.34. The summed E-state index contributed by atoms with van der Waals surface area (Å²) in [7, 11) is 0. The van der Waals surface area contributed by atoms with Crippen LogP contribution in [0.25, 0.3) is 0 Å². The van der Waals surface area contributed by atoms with Crippen molar-refractivity contribution in [3.8, 4) is 0 Å². The fourth-order valence-corrected chi connectivity index (χ4v) is 3.31. The summed E-state index contributed by atoms with van der Waals surface area (Å²) in [6.07, 6.45) is 1.89. The summed E-state index contributed by atoms with van der Waals surface area (Å²) in [5.41, 5.74) is 1.15. The molecule has 1 atom stereocenters. The Balaban J connectivity index is 1.93. The van der Waals surface area contributed by atoms with Crippen molar-refractivity contribution in [1.29, 1.82) is 0 Å². The van der Waals surface area contributed by atoms with E-state index in [2.05, 4.69) is 44.8 Å². The third-order valence-electron chi connectivity index (χ3n) is 3.30. The molecule has 94 valence electrons. The Morgan fingerprint density at radius 1 is 1.17 bits per heavy atom. The second-order valence-electron chi connectivity index (χ2n) is 4.46. The van der Waals surface area contributed by atoms with E-state index in [-0.39, 0.29) is 0 Å². The first kappa shape index (κ1) is 11.8. The zero-order chi connectivity index (χ0) is 12.2. The highest BCUT2D eigenvalue weighted by Crippen LogP contribution is 2.30. The quantitative estimate of drug-likeness (QED) is 0.915. The average molecular weight is 259 g/mol. The van der Waals surface area contributed by atoms with E-state index in [1.807, 2.05) is 23.6 Å². The molecule has 3 heterocycles. The number of piperazine rings is 1. The van der Waals surface area contributed by atoms with E-state index in [4.69, 9.17) is 0 Å². The van der Waals surface area contributed by atoms with Gasteiger partial charge in [0.1, 0.15) is 0 Å². The highest BCUT2D eigenvalue weighted by atomic mass is 32.1. The van der Waals surface area contributed by atoms with Crippen LogP contribution in [0.5, 0.6) is 0 Å². The molecule has 0 unspecified atom stereocenters. The maximum Gasteiger partial charge on any atom is 0.0870 e. The Hall–Kier alpha value is -1.23. The summed E-state index contributed by atoms with van der Waals surface area (Å²) in [4.78, 5) is 8.46. The number of nitrogens with one attached hydrogen (secondary N) is 1. The van der Waals surface area contributed by atoms with Crippen molar-refractivity contribution < 1.29 is 0 Å². The molecule has 0 aromatic carbocycles. The van der Waals surface area contributed by atoms with Crippen LogP contribution < -0.4 is 5.32 Å². The lowest BCUT2D eigenvalue weighted by atomic mass is 10.1. The van der Waals surface area contributed by atoms with Crippen LogP contribution in [0, 0.1) is 0 Å². The molecular weight excluding hydrogens is 242 g/mol. The largest absolute Gasteiger partial charge is 0.314 e. The van der Waals surface area contributed by atoms with Crippen molar-refractivity contribution in [2.75, 3.05) is 26.2 Å². The maximum atomic E-state index is 4.55. The first-order valence-corrected chi connectivity index (χ1v) is 7.22. The van der Waals surface area contributed by atoms with Gasteiger partial charge in [0.05, 0.1) is 11.7 Å². The Morgan fingerprint density at radius 2 is 2.06 bits per heavy atom. The molecule has 3 rings (SSSR count). The van der Waals surface area contributed by atoms with Crippen molar-refractivity contribution in [3.63, 3.8) is 0 Å². The first-order chi connectivity index (χ1) is 8.95. The summed E-state index contributed by atoms with van der Waals surface area (Å²) in [5.74, 6) is 0. The molecule has 0 saturated carbocycles. The van der Waals surface area contributed by atoms with Gasteiger partial charge in [-0.25, -0.2) is 0 Å². The maximum absolute atomic E-state index is 4.55. The smallest absolute Gasteiger partial charge is 0.0870 e. The molecule has 2 aromatic rings. The highest BCUT2D eigenvalue weighted by Gasteiger charge is 2.25. The predicted octanol–water partition coefficient (Wildman–Crippen LogP) is 2.14.